The minimum absolute atomic E-state index is 0.170. The van der Waals surface area contributed by atoms with E-state index in [0.717, 1.165) is 43.1 Å². The first-order valence-corrected chi connectivity index (χ1v) is 12.6. The van der Waals surface area contributed by atoms with Gasteiger partial charge in [0.2, 0.25) is 5.95 Å². The van der Waals surface area contributed by atoms with E-state index in [4.69, 9.17) is 16.6 Å². The third kappa shape index (κ3) is 6.03. The number of carbonyl (C=O) groups excluding carboxylic acids is 1. The lowest BCUT2D eigenvalue weighted by molar-refractivity contribution is 0.0956. The summed E-state index contributed by atoms with van der Waals surface area (Å²) in [5, 5.41) is 9.59. The molecule has 0 atom stereocenters. The van der Waals surface area contributed by atoms with Crippen LogP contribution in [-0.4, -0.2) is 65.5 Å². The van der Waals surface area contributed by atoms with Crippen molar-refractivity contribution < 1.29 is 4.79 Å². The molecule has 0 aliphatic carbocycles. The Morgan fingerprint density at radius 1 is 1.08 bits per heavy atom. The number of aryl methyl sites for hydroxylation is 1. The number of nitrogens with zero attached hydrogens (tertiary/aromatic N) is 5. The first-order valence-electron chi connectivity index (χ1n) is 12.2. The van der Waals surface area contributed by atoms with Crippen LogP contribution in [0.25, 0.3) is 0 Å². The highest BCUT2D eigenvalue weighted by molar-refractivity contribution is 6.33. The Balaban J connectivity index is 1.48. The van der Waals surface area contributed by atoms with E-state index in [-0.39, 0.29) is 5.91 Å². The normalized spacial score (nSPS) is 14.1. The zero-order chi connectivity index (χ0) is 25.7. The number of halogens is 1. The number of rotatable bonds is 8. The summed E-state index contributed by atoms with van der Waals surface area (Å²) in [6.45, 7) is 6.37. The predicted octanol–water partition coefficient (Wildman–Crippen LogP) is 4.60. The van der Waals surface area contributed by atoms with E-state index < -0.39 is 0 Å². The lowest BCUT2D eigenvalue weighted by Crippen LogP contribution is -2.42. The van der Waals surface area contributed by atoms with Crippen LogP contribution in [0.3, 0.4) is 0 Å². The van der Waals surface area contributed by atoms with Crippen molar-refractivity contribution in [2.45, 2.75) is 32.7 Å². The molecule has 3 N–H and O–H groups in total. The molecule has 1 amide bonds. The van der Waals surface area contributed by atoms with Gasteiger partial charge in [-0.25, -0.2) is 9.97 Å². The monoisotopic (exact) mass is 508 g/mol. The Bertz CT molecular complexity index is 1210. The summed E-state index contributed by atoms with van der Waals surface area (Å²) in [5.41, 5.74) is 2.79. The van der Waals surface area contributed by atoms with Crippen molar-refractivity contribution in [1.82, 2.24) is 25.2 Å². The summed E-state index contributed by atoms with van der Waals surface area (Å²) in [4.78, 5) is 30.8. The topological polar surface area (TPSA) is 98.3 Å². The SMILES string of the molecule is CCNC(=O)c1ccccc1Nc1nc(Nc2ccc(N3CCC(N(C)C)CC3)nc2C)ncc1Cl. The smallest absolute Gasteiger partial charge is 0.253 e. The van der Waals surface area contributed by atoms with Crippen LogP contribution >= 0.6 is 11.6 Å². The third-order valence-corrected chi connectivity index (χ3v) is 6.62. The second-order valence-electron chi connectivity index (χ2n) is 9.03. The molecule has 1 fully saturated rings. The Kier molecular flexibility index (Phi) is 8.22. The molecule has 1 aliphatic heterocycles. The van der Waals surface area contributed by atoms with E-state index in [2.05, 4.69) is 49.8 Å². The van der Waals surface area contributed by atoms with Crippen molar-refractivity contribution in [2.75, 3.05) is 49.3 Å². The summed E-state index contributed by atoms with van der Waals surface area (Å²) >= 11 is 6.37. The van der Waals surface area contributed by atoms with Gasteiger partial charge in [-0.15, -0.1) is 0 Å². The van der Waals surface area contributed by atoms with E-state index in [1.54, 1.807) is 6.07 Å². The van der Waals surface area contributed by atoms with E-state index in [0.29, 0.717) is 40.6 Å². The maximum absolute atomic E-state index is 12.4. The number of amides is 1. The van der Waals surface area contributed by atoms with Crippen molar-refractivity contribution in [3.8, 4) is 0 Å². The van der Waals surface area contributed by atoms with Crippen LogP contribution in [0.1, 0.15) is 35.8 Å². The second-order valence-corrected chi connectivity index (χ2v) is 9.44. The zero-order valence-corrected chi connectivity index (χ0v) is 21.9. The van der Waals surface area contributed by atoms with Gasteiger partial charge in [-0.2, -0.15) is 4.98 Å². The van der Waals surface area contributed by atoms with Crippen LogP contribution in [0.2, 0.25) is 5.02 Å². The van der Waals surface area contributed by atoms with Crippen molar-refractivity contribution in [2.24, 2.45) is 0 Å². The van der Waals surface area contributed by atoms with E-state index in [1.165, 1.54) is 6.20 Å². The number of hydrogen-bond donors (Lipinski definition) is 3. The molecule has 0 radical (unpaired) electrons. The maximum Gasteiger partial charge on any atom is 0.253 e. The molecule has 1 aliphatic rings. The van der Waals surface area contributed by atoms with Crippen LogP contribution in [0.15, 0.2) is 42.6 Å². The number of hydrogen-bond acceptors (Lipinski definition) is 8. The first kappa shape index (κ1) is 25.7. The first-order chi connectivity index (χ1) is 17.4. The number of piperidine rings is 1. The molecule has 1 aromatic carbocycles. The summed E-state index contributed by atoms with van der Waals surface area (Å²) in [6, 6.07) is 11.9. The van der Waals surface area contributed by atoms with Crippen LogP contribution in [0.5, 0.6) is 0 Å². The molecule has 2 aromatic heterocycles. The average molecular weight is 509 g/mol. The molecule has 36 heavy (non-hydrogen) atoms. The van der Waals surface area contributed by atoms with Gasteiger partial charge in [-0.05, 0) is 65.0 Å². The van der Waals surface area contributed by atoms with Crippen LogP contribution < -0.4 is 20.9 Å². The lowest BCUT2D eigenvalue weighted by atomic mass is 10.0. The van der Waals surface area contributed by atoms with Gasteiger partial charge in [-0.1, -0.05) is 23.7 Å². The zero-order valence-electron chi connectivity index (χ0n) is 21.2. The van der Waals surface area contributed by atoms with E-state index >= 15 is 0 Å². The van der Waals surface area contributed by atoms with Gasteiger partial charge >= 0.3 is 0 Å². The minimum atomic E-state index is -0.170. The summed E-state index contributed by atoms with van der Waals surface area (Å²) in [7, 11) is 4.29. The molecule has 3 aromatic rings. The molecule has 1 saturated heterocycles. The second kappa shape index (κ2) is 11.5. The van der Waals surface area contributed by atoms with Gasteiger partial charge in [0.15, 0.2) is 5.82 Å². The standard InChI is InChI=1S/C26H33ClN8O/c1-5-28-25(36)19-8-6-7-9-22(19)31-24-20(27)16-29-26(33-24)32-21-10-11-23(30-17(21)2)35-14-12-18(13-15-35)34(3)4/h6-11,16,18H,5,12-15H2,1-4H3,(H,28,36)(H2,29,31,32,33). The maximum atomic E-state index is 12.4. The molecule has 0 unspecified atom stereocenters. The number of nitrogens with one attached hydrogen (secondary N) is 3. The van der Waals surface area contributed by atoms with Crippen LogP contribution in [0.4, 0.5) is 29.0 Å². The molecule has 4 rings (SSSR count). The number of anilines is 5. The fourth-order valence-electron chi connectivity index (χ4n) is 4.28. The molecule has 0 bridgehead atoms. The fourth-order valence-corrected chi connectivity index (χ4v) is 4.41. The molecular formula is C26H33ClN8O. The van der Waals surface area contributed by atoms with Crippen molar-refractivity contribution >= 4 is 46.5 Å². The Labute approximate surface area is 217 Å². The highest BCUT2D eigenvalue weighted by atomic mass is 35.5. The molecule has 0 saturated carbocycles. The van der Waals surface area contributed by atoms with Gasteiger partial charge < -0.3 is 25.8 Å². The van der Waals surface area contributed by atoms with E-state index in [9.17, 15) is 4.79 Å². The molecule has 0 spiro atoms. The molecule has 3 heterocycles. The van der Waals surface area contributed by atoms with Crippen molar-refractivity contribution in [1.29, 1.82) is 0 Å². The van der Waals surface area contributed by atoms with Gasteiger partial charge in [0.1, 0.15) is 10.8 Å². The average Bonchev–Trinajstić information content (AvgIpc) is 2.87. The Morgan fingerprint density at radius 2 is 1.83 bits per heavy atom. The Hall–Kier alpha value is -3.43. The molecule has 190 valence electrons. The Morgan fingerprint density at radius 3 is 2.53 bits per heavy atom. The fraction of sp³-hybridized carbons (Fsp3) is 0.385. The predicted molar refractivity (Wildman–Crippen MR) is 146 cm³/mol. The molecular weight excluding hydrogens is 476 g/mol. The van der Waals surface area contributed by atoms with Crippen molar-refractivity contribution in [3.05, 3.63) is 58.9 Å². The highest BCUT2D eigenvalue weighted by Gasteiger charge is 2.22. The van der Waals surface area contributed by atoms with Crippen LogP contribution in [-0.2, 0) is 0 Å². The van der Waals surface area contributed by atoms with Gasteiger partial charge in [0.25, 0.3) is 5.91 Å². The number of carbonyl (C=O) groups is 1. The number of aromatic nitrogens is 3. The van der Waals surface area contributed by atoms with E-state index in [1.807, 2.05) is 44.2 Å². The van der Waals surface area contributed by atoms with Gasteiger partial charge in [-0.3, -0.25) is 4.79 Å². The molecule has 10 heteroatoms. The molecule has 9 nitrogen and oxygen atoms in total. The number of pyridine rings is 1. The van der Waals surface area contributed by atoms with Gasteiger partial charge in [0, 0.05) is 25.7 Å². The highest BCUT2D eigenvalue weighted by Crippen LogP contribution is 2.28. The summed E-state index contributed by atoms with van der Waals surface area (Å²) in [6.07, 6.45) is 3.79. The number of benzene rings is 1. The third-order valence-electron chi connectivity index (χ3n) is 6.34. The van der Waals surface area contributed by atoms with Crippen molar-refractivity contribution in [3.63, 3.8) is 0 Å². The van der Waals surface area contributed by atoms with Gasteiger partial charge in [0.05, 0.1) is 28.8 Å². The van der Waals surface area contributed by atoms with Crippen LogP contribution in [0, 0.1) is 6.92 Å². The summed E-state index contributed by atoms with van der Waals surface area (Å²) < 4.78 is 0. The largest absolute Gasteiger partial charge is 0.356 e. The lowest BCUT2D eigenvalue weighted by Gasteiger charge is -2.36. The summed E-state index contributed by atoms with van der Waals surface area (Å²) in [5.74, 6) is 1.59. The minimum Gasteiger partial charge on any atom is -0.356 e. The number of para-hydroxylation sites is 1. The quantitative estimate of drug-likeness (QED) is 0.406.